The van der Waals surface area contributed by atoms with E-state index in [-0.39, 0.29) is 25.9 Å². The van der Waals surface area contributed by atoms with Gasteiger partial charge in [0.25, 0.3) is 0 Å². The van der Waals surface area contributed by atoms with Crippen LogP contribution in [0.4, 0.5) is 0 Å². The topological polar surface area (TPSA) is 155 Å². The van der Waals surface area contributed by atoms with Gasteiger partial charge in [0, 0.05) is 19.3 Å². The zero-order valence-corrected chi connectivity index (χ0v) is 44.6. The molecule has 0 aromatic heterocycles. The van der Waals surface area contributed by atoms with Crippen molar-refractivity contribution >= 4 is 25.7 Å². The Hall–Kier alpha value is -3.86. The lowest BCUT2D eigenvalue weighted by Crippen LogP contribution is -2.30. The van der Waals surface area contributed by atoms with E-state index in [1.807, 2.05) is 0 Å². The SMILES string of the molecule is CC/C=C\C/C=C\C/C=C\C/C=C\CCCCC(=O)OC(COC(=O)CCCCC/C=C\C/C=C\C/C=C\CC)COP(=O)(O)OCC(CO)OC(=O)CCCCCCC/C=C\C/C=C\CCCCC. The number of carbonyl (C=O) groups is 3. The van der Waals surface area contributed by atoms with E-state index in [1.54, 1.807) is 0 Å². The van der Waals surface area contributed by atoms with Gasteiger partial charge in [0.15, 0.2) is 6.10 Å². The smallest absolute Gasteiger partial charge is 0.462 e. The summed E-state index contributed by atoms with van der Waals surface area (Å²) in [5.41, 5.74) is 0. The van der Waals surface area contributed by atoms with Crippen LogP contribution in [0.15, 0.2) is 109 Å². The Morgan fingerprint density at radius 1 is 0.414 bits per heavy atom. The number of phosphoric ester groups is 1. The summed E-state index contributed by atoms with van der Waals surface area (Å²) in [6.45, 7) is 4.26. The molecule has 3 atom stereocenters. The Morgan fingerprint density at radius 3 is 1.19 bits per heavy atom. The van der Waals surface area contributed by atoms with Gasteiger partial charge in [0.05, 0.1) is 19.8 Å². The largest absolute Gasteiger partial charge is 0.472 e. The molecule has 0 heterocycles. The molecule has 70 heavy (non-hydrogen) atoms. The predicted molar refractivity (Wildman–Crippen MR) is 288 cm³/mol. The summed E-state index contributed by atoms with van der Waals surface area (Å²) >= 11 is 0. The number of hydrogen-bond acceptors (Lipinski definition) is 10. The molecule has 0 saturated carbocycles. The third kappa shape index (κ3) is 49.1. The highest BCUT2D eigenvalue weighted by Crippen LogP contribution is 2.43. The molecule has 0 radical (unpaired) electrons. The van der Waals surface area contributed by atoms with Crippen LogP contribution in [-0.4, -0.2) is 66.5 Å². The van der Waals surface area contributed by atoms with E-state index in [4.69, 9.17) is 23.3 Å². The molecule has 398 valence electrons. The van der Waals surface area contributed by atoms with Gasteiger partial charge in [0.1, 0.15) is 12.7 Å². The van der Waals surface area contributed by atoms with Crippen LogP contribution >= 0.6 is 7.82 Å². The minimum atomic E-state index is -4.77. The Balaban J connectivity index is 4.84. The molecule has 0 rings (SSSR count). The van der Waals surface area contributed by atoms with Gasteiger partial charge in [-0.3, -0.25) is 23.4 Å². The first-order valence-electron chi connectivity index (χ1n) is 26.8. The average Bonchev–Trinajstić information content (AvgIpc) is 3.35. The van der Waals surface area contributed by atoms with E-state index >= 15 is 0 Å². The highest BCUT2D eigenvalue weighted by molar-refractivity contribution is 7.47. The highest BCUT2D eigenvalue weighted by Gasteiger charge is 2.28. The third-order valence-electron chi connectivity index (χ3n) is 10.7. The fourth-order valence-corrected chi connectivity index (χ4v) is 7.41. The van der Waals surface area contributed by atoms with Gasteiger partial charge in [-0.2, -0.15) is 0 Å². The number of aliphatic hydroxyl groups excluding tert-OH is 1. The molecule has 12 heteroatoms. The second-order valence-corrected chi connectivity index (χ2v) is 18.7. The quantitative estimate of drug-likeness (QED) is 0.0197. The van der Waals surface area contributed by atoms with E-state index in [9.17, 15) is 28.9 Å². The van der Waals surface area contributed by atoms with E-state index in [2.05, 4.69) is 130 Å². The number of ether oxygens (including phenoxy) is 3. The van der Waals surface area contributed by atoms with Crippen molar-refractivity contribution in [3.05, 3.63) is 109 Å². The first kappa shape index (κ1) is 66.1. The maximum Gasteiger partial charge on any atom is 0.472 e. The van der Waals surface area contributed by atoms with Crippen molar-refractivity contribution in [3.63, 3.8) is 0 Å². The summed E-state index contributed by atoms with van der Waals surface area (Å²) in [5.74, 6) is -1.58. The van der Waals surface area contributed by atoms with Crippen molar-refractivity contribution in [1.29, 1.82) is 0 Å². The fourth-order valence-electron chi connectivity index (χ4n) is 6.62. The molecule has 0 aliphatic rings. The van der Waals surface area contributed by atoms with Crippen LogP contribution in [0.1, 0.15) is 201 Å². The van der Waals surface area contributed by atoms with Gasteiger partial charge < -0.3 is 24.2 Å². The molecule has 0 aromatic rings. The van der Waals surface area contributed by atoms with Crippen molar-refractivity contribution in [3.8, 4) is 0 Å². The lowest BCUT2D eigenvalue weighted by molar-refractivity contribution is -0.161. The molecule has 0 aliphatic heterocycles. The minimum Gasteiger partial charge on any atom is -0.462 e. The first-order valence-corrected chi connectivity index (χ1v) is 28.3. The number of phosphoric acid groups is 1. The Morgan fingerprint density at radius 2 is 0.743 bits per heavy atom. The summed E-state index contributed by atoms with van der Waals surface area (Å²) in [6, 6.07) is 0. The fraction of sp³-hybridized carbons (Fsp3) is 0.638. The molecule has 0 amide bonds. The number of allylic oxidation sites excluding steroid dienone is 18. The summed E-state index contributed by atoms with van der Waals surface area (Å²) in [5, 5.41) is 9.79. The Kier molecular flexibility index (Phi) is 48.7. The normalized spacial score (nSPS) is 14.3. The molecule has 0 spiro atoms. The zero-order chi connectivity index (χ0) is 51.3. The predicted octanol–water partition coefficient (Wildman–Crippen LogP) is 15.5. The van der Waals surface area contributed by atoms with Crippen molar-refractivity contribution in [2.75, 3.05) is 26.4 Å². The number of carbonyl (C=O) groups excluding carboxylic acids is 3. The summed E-state index contributed by atoms with van der Waals surface area (Å²) in [6.07, 6.45) is 60.6. The van der Waals surface area contributed by atoms with E-state index in [0.29, 0.717) is 19.3 Å². The van der Waals surface area contributed by atoms with Gasteiger partial charge in [0.2, 0.25) is 0 Å². The van der Waals surface area contributed by atoms with Crippen molar-refractivity contribution < 1.29 is 52.2 Å². The van der Waals surface area contributed by atoms with Crippen molar-refractivity contribution in [2.45, 2.75) is 213 Å². The molecular formula is C58H95O11P. The Labute approximate surface area is 425 Å². The molecule has 0 fully saturated rings. The third-order valence-corrected chi connectivity index (χ3v) is 11.6. The molecule has 2 N–H and O–H groups in total. The molecule has 0 bridgehead atoms. The minimum absolute atomic E-state index is 0.102. The lowest BCUT2D eigenvalue weighted by Gasteiger charge is -2.21. The van der Waals surface area contributed by atoms with Gasteiger partial charge in [-0.25, -0.2) is 4.57 Å². The maximum absolute atomic E-state index is 12.9. The standard InChI is InChI=1S/C58H95O11P/c1-4-7-10-13-16-19-22-25-27-30-33-36-39-42-45-48-57(61)68-54(50-59)52-66-70(63,64)67-53-55(51-65-56(60)47-44-41-38-35-32-29-24-21-18-15-12-9-6-3)69-58(62)49-46-43-40-37-34-31-28-26-23-20-17-14-11-8-5-2/h8-9,11-12,16-21,25-29,32,34,37,54-55,59H,4-7,10,13-15,22-24,30-31,33,35-36,38-53H2,1-3H3,(H,63,64)/b11-8-,12-9-,19-16-,20-17-,21-18-,27-25-,28-26-,32-29-,37-34-. The van der Waals surface area contributed by atoms with E-state index in [1.165, 1.54) is 19.3 Å². The summed E-state index contributed by atoms with van der Waals surface area (Å²) < 4.78 is 39.3. The lowest BCUT2D eigenvalue weighted by atomic mass is 10.1. The van der Waals surface area contributed by atoms with Crippen molar-refractivity contribution in [2.24, 2.45) is 0 Å². The summed E-state index contributed by atoms with van der Waals surface area (Å²) in [7, 11) is -4.77. The number of esters is 3. The zero-order valence-electron chi connectivity index (χ0n) is 43.7. The molecular weight excluding hydrogens is 904 g/mol. The number of unbranched alkanes of at least 4 members (excludes halogenated alkanes) is 13. The molecule has 11 nitrogen and oxygen atoms in total. The van der Waals surface area contributed by atoms with Gasteiger partial charge in [-0.05, 0) is 122 Å². The van der Waals surface area contributed by atoms with Gasteiger partial charge in [-0.15, -0.1) is 0 Å². The van der Waals surface area contributed by atoms with Crippen LogP contribution in [-0.2, 0) is 42.2 Å². The average molecular weight is 999 g/mol. The maximum atomic E-state index is 12.9. The first-order chi connectivity index (χ1) is 34.2. The van der Waals surface area contributed by atoms with Crippen LogP contribution < -0.4 is 0 Å². The van der Waals surface area contributed by atoms with Gasteiger partial charge in [-0.1, -0.05) is 169 Å². The van der Waals surface area contributed by atoms with Crippen molar-refractivity contribution in [1.82, 2.24) is 0 Å². The van der Waals surface area contributed by atoms with Crippen LogP contribution in [0, 0.1) is 0 Å². The molecule has 0 saturated heterocycles. The number of aliphatic hydroxyl groups is 1. The van der Waals surface area contributed by atoms with Crippen LogP contribution in [0.2, 0.25) is 0 Å². The van der Waals surface area contributed by atoms with Crippen LogP contribution in [0.25, 0.3) is 0 Å². The molecule has 0 aliphatic carbocycles. The van der Waals surface area contributed by atoms with Gasteiger partial charge >= 0.3 is 25.7 Å². The monoisotopic (exact) mass is 999 g/mol. The number of rotatable bonds is 48. The highest BCUT2D eigenvalue weighted by atomic mass is 31.2. The van der Waals surface area contributed by atoms with E-state index < -0.39 is 57.8 Å². The Bertz CT molecular complexity index is 1590. The molecule has 0 aromatic carbocycles. The van der Waals surface area contributed by atoms with E-state index in [0.717, 1.165) is 122 Å². The van der Waals surface area contributed by atoms with Crippen LogP contribution in [0.5, 0.6) is 0 Å². The van der Waals surface area contributed by atoms with Crippen LogP contribution in [0.3, 0.4) is 0 Å². The second kappa shape index (κ2) is 51.5. The molecule has 3 unspecified atom stereocenters. The second-order valence-electron chi connectivity index (χ2n) is 17.3. The summed E-state index contributed by atoms with van der Waals surface area (Å²) in [4.78, 5) is 48.4. The number of hydrogen-bond donors (Lipinski definition) is 2.